The standard InChI is InChI=1S/C19H36N4OS/c1-3-20-18(21-15-19(25-4-2)9-13-24-14-10-19)22-16-7-11-23(12-8-16)17-5-6-17/h16-17H,3-15H2,1-2H3,(H2,20,21,22). The average Bonchev–Trinajstić information content (AvgIpc) is 3.47. The lowest BCUT2D eigenvalue weighted by Gasteiger charge is -2.36. The summed E-state index contributed by atoms with van der Waals surface area (Å²) in [7, 11) is 0. The van der Waals surface area contributed by atoms with Crippen LogP contribution < -0.4 is 10.6 Å². The molecule has 0 radical (unpaired) electrons. The van der Waals surface area contributed by atoms with Crippen molar-refractivity contribution in [3.63, 3.8) is 0 Å². The number of ether oxygens (including phenoxy) is 1. The number of rotatable bonds is 7. The van der Waals surface area contributed by atoms with Gasteiger partial charge in [0.05, 0.1) is 6.54 Å². The number of nitrogens with one attached hydrogen (secondary N) is 2. The maximum atomic E-state index is 5.58. The predicted octanol–water partition coefficient (Wildman–Crippen LogP) is 2.47. The van der Waals surface area contributed by atoms with Gasteiger partial charge in [0.25, 0.3) is 0 Å². The second-order valence-corrected chi connectivity index (χ2v) is 9.34. The highest BCUT2D eigenvalue weighted by Gasteiger charge is 2.33. The van der Waals surface area contributed by atoms with E-state index in [-0.39, 0.29) is 4.75 Å². The Bertz CT molecular complexity index is 422. The number of thioether (sulfide) groups is 1. The van der Waals surface area contributed by atoms with Gasteiger partial charge in [-0.25, -0.2) is 0 Å². The van der Waals surface area contributed by atoms with Crippen molar-refractivity contribution in [3.8, 4) is 0 Å². The molecule has 25 heavy (non-hydrogen) atoms. The highest BCUT2D eigenvalue weighted by Crippen LogP contribution is 2.35. The van der Waals surface area contributed by atoms with Crippen LogP contribution in [0.15, 0.2) is 4.99 Å². The van der Waals surface area contributed by atoms with E-state index in [4.69, 9.17) is 9.73 Å². The van der Waals surface area contributed by atoms with Crippen molar-refractivity contribution in [1.82, 2.24) is 15.5 Å². The largest absolute Gasteiger partial charge is 0.381 e. The molecular weight excluding hydrogens is 332 g/mol. The minimum Gasteiger partial charge on any atom is -0.381 e. The van der Waals surface area contributed by atoms with Gasteiger partial charge in [0.1, 0.15) is 0 Å². The first-order valence-corrected chi connectivity index (χ1v) is 11.2. The summed E-state index contributed by atoms with van der Waals surface area (Å²) in [6.07, 6.45) is 7.56. The van der Waals surface area contributed by atoms with Crippen molar-refractivity contribution in [3.05, 3.63) is 0 Å². The summed E-state index contributed by atoms with van der Waals surface area (Å²) in [5.74, 6) is 2.16. The molecule has 0 spiro atoms. The third-order valence-corrected chi connectivity index (χ3v) is 7.10. The molecule has 2 N–H and O–H groups in total. The van der Waals surface area contributed by atoms with Gasteiger partial charge in [0.2, 0.25) is 0 Å². The van der Waals surface area contributed by atoms with Crippen LogP contribution in [-0.4, -0.2) is 72.8 Å². The highest BCUT2D eigenvalue weighted by atomic mass is 32.2. The van der Waals surface area contributed by atoms with Crippen LogP contribution in [0.5, 0.6) is 0 Å². The van der Waals surface area contributed by atoms with Crippen molar-refractivity contribution in [2.75, 3.05) is 45.1 Å². The monoisotopic (exact) mass is 368 g/mol. The number of hydrogen-bond acceptors (Lipinski definition) is 4. The average molecular weight is 369 g/mol. The topological polar surface area (TPSA) is 48.9 Å². The summed E-state index contributed by atoms with van der Waals surface area (Å²) in [5, 5.41) is 7.17. The van der Waals surface area contributed by atoms with Gasteiger partial charge in [-0.3, -0.25) is 4.99 Å². The molecule has 0 aromatic carbocycles. The van der Waals surface area contributed by atoms with Crippen molar-refractivity contribution in [2.24, 2.45) is 4.99 Å². The van der Waals surface area contributed by atoms with E-state index in [1.165, 1.54) is 38.8 Å². The van der Waals surface area contributed by atoms with Gasteiger partial charge in [-0.2, -0.15) is 11.8 Å². The molecule has 2 heterocycles. The van der Waals surface area contributed by atoms with Gasteiger partial charge in [0, 0.05) is 49.7 Å². The molecule has 0 amide bonds. The molecule has 3 rings (SSSR count). The maximum absolute atomic E-state index is 5.58. The van der Waals surface area contributed by atoms with Gasteiger partial charge in [-0.15, -0.1) is 0 Å². The van der Waals surface area contributed by atoms with Crippen LogP contribution in [-0.2, 0) is 4.74 Å². The summed E-state index contributed by atoms with van der Waals surface area (Å²) < 4.78 is 5.85. The second kappa shape index (κ2) is 9.47. The van der Waals surface area contributed by atoms with Crippen LogP contribution >= 0.6 is 11.8 Å². The van der Waals surface area contributed by atoms with E-state index in [9.17, 15) is 0 Å². The minimum atomic E-state index is 0.269. The molecule has 0 aromatic heterocycles. The van der Waals surface area contributed by atoms with Crippen LogP contribution in [0.2, 0.25) is 0 Å². The summed E-state index contributed by atoms with van der Waals surface area (Å²) in [6, 6.07) is 1.47. The smallest absolute Gasteiger partial charge is 0.191 e. The van der Waals surface area contributed by atoms with Crippen molar-refractivity contribution in [2.45, 2.75) is 69.2 Å². The summed E-state index contributed by atoms with van der Waals surface area (Å²) >= 11 is 2.07. The Kier molecular flexibility index (Phi) is 7.31. The maximum Gasteiger partial charge on any atom is 0.191 e. The van der Waals surface area contributed by atoms with E-state index in [0.717, 1.165) is 56.9 Å². The predicted molar refractivity (Wildman–Crippen MR) is 108 cm³/mol. The van der Waals surface area contributed by atoms with Crippen molar-refractivity contribution >= 4 is 17.7 Å². The molecule has 5 nitrogen and oxygen atoms in total. The lowest BCUT2D eigenvalue weighted by atomic mass is 9.99. The summed E-state index contributed by atoms with van der Waals surface area (Å²) in [6.45, 7) is 10.5. The summed E-state index contributed by atoms with van der Waals surface area (Å²) in [4.78, 5) is 7.67. The zero-order chi connectivity index (χ0) is 17.5. The van der Waals surface area contributed by atoms with Crippen LogP contribution in [0.3, 0.4) is 0 Å². The molecule has 0 unspecified atom stereocenters. The molecule has 1 saturated carbocycles. The lowest BCUT2D eigenvalue weighted by Crippen LogP contribution is -2.49. The van der Waals surface area contributed by atoms with Crippen molar-refractivity contribution < 1.29 is 4.74 Å². The third-order valence-electron chi connectivity index (χ3n) is 5.66. The molecule has 0 atom stereocenters. The van der Waals surface area contributed by atoms with E-state index >= 15 is 0 Å². The van der Waals surface area contributed by atoms with Gasteiger partial charge in [0.15, 0.2) is 5.96 Å². The fraction of sp³-hybridized carbons (Fsp3) is 0.947. The number of likely N-dealkylation sites (tertiary alicyclic amines) is 1. The fourth-order valence-corrected chi connectivity index (χ4v) is 5.21. The first kappa shape index (κ1) is 19.3. The van der Waals surface area contributed by atoms with E-state index in [2.05, 4.69) is 41.1 Å². The van der Waals surface area contributed by atoms with Crippen molar-refractivity contribution in [1.29, 1.82) is 0 Å². The third kappa shape index (κ3) is 5.76. The van der Waals surface area contributed by atoms with E-state index in [0.29, 0.717) is 6.04 Å². The molecule has 3 aliphatic rings. The Hall–Kier alpha value is -0.460. The molecule has 3 fully saturated rings. The summed E-state index contributed by atoms with van der Waals surface area (Å²) in [5.41, 5.74) is 0. The van der Waals surface area contributed by atoms with Gasteiger partial charge in [-0.1, -0.05) is 6.92 Å². The van der Waals surface area contributed by atoms with Crippen LogP contribution in [0, 0.1) is 0 Å². The first-order chi connectivity index (χ1) is 12.2. The Balaban J connectivity index is 1.52. The lowest BCUT2D eigenvalue weighted by molar-refractivity contribution is 0.0793. The van der Waals surface area contributed by atoms with E-state index in [1.54, 1.807) is 0 Å². The van der Waals surface area contributed by atoms with E-state index < -0.39 is 0 Å². The number of aliphatic imine (C=N–C) groups is 1. The van der Waals surface area contributed by atoms with Gasteiger partial charge >= 0.3 is 0 Å². The zero-order valence-corrected chi connectivity index (χ0v) is 16.9. The van der Waals surface area contributed by atoms with Crippen LogP contribution in [0.25, 0.3) is 0 Å². The molecule has 2 saturated heterocycles. The van der Waals surface area contributed by atoms with Crippen LogP contribution in [0.4, 0.5) is 0 Å². The quantitative estimate of drug-likeness (QED) is 0.534. The Morgan fingerprint density at radius 1 is 1.16 bits per heavy atom. The number of guanidine groups is 1. The molecule has 144 valence electrons. The minimum absolute atomic E-state index is 0.269. The zero-order valence-electron chi connectivity index (χ0n) is 16.1. The van der Waals surface area contributed by atoms with Gasteiger partial charge < -0.3 is 20.3 Å². The second-order valence-electron chi connectivity index (χ2n) is 7.61. The Morgan fingerprint density at radius 2 is 1.88 bits per heavy atom. The molecule has 0 bridgehead atoms. The molecular formula is C19H36N4OS. The Labute approximate surface area is 157 Å². The number of nitrogens with zero attached hydrogens (tertiary/aromatic N) is 2. The highest BCUT2D eigenvalue weighted by molar-refractivity contribution is 8.00. The van der Waals surface area contributed by atoms with Gasteiger partial charge in [-0.05, 0) is 51.2 Å². The fourth-order valence-electron chi connectivity index (χ4n) is 3.98. The molecule has 1 aliphatic carbocycles. The molecule has 6 heteroatoms. The molecule has 2 aliphatic heterocycles. The first-order valence-electron chi connectivity index (χ1n) is 10.3. The SMILES string of the molecule is CCNC(=NCC1(SCC)CCOCC1)NC1CCN(C2CC2)CC1. The molecule has 0 aromatic rings. The Morgan fingerprint density at radius 3 is 2.48 bits per heavy atom. The normalized spacial score (nSPS) is 25.8. The number of hydrogen-bond donors (Lipinski definition) is 2. The van der Waals surface area contributed by atoms with Crippen LogP contribution in [0.1, 0.15) is 52.4 Å². The van der Waals surface area contributed by atoms with E-state index in [1.807, 2.05) is 0 Å². The number of piperidine rings is 1.